The molecule has 0 bridgehead atoms. The molecule has 0 aliphatic carbocycles. The smallest absolute Gasteiger partial charge is 0.338 e. The lowest BCUT2D eigenvalue weighted by Gasteiger charge is -2.23. The van der Waals surface area contributed by atoms with Crippen LogP contribution in [-0.4, -0.2) is 39.8 Å². The van der Waals surface area contributed by atoms with Crippen molar-refractivity contribution in [3.63, 3.8) is 0 Å². The first-order chi connectivity index (χ1) is 16.7. The van der Waals surface area contributed by atoms with Gasteiger partial charge in [-0.15, -0.1) is 0 Å². The molecule has 0 aromatic heterocycles. The molecule has 3 aromatic rings. The van der Waals surface area contributed by atoms with Crippen LogP contribution in [0.4, 0.5) is 15.8 Å². The number of hydrogen-bond acceptors (Lipinski definition) is 6. The Kier molecular flexibility index (Phi) is 8.43. The molecule has 35 heavy (non-hydrogen) atoms. The van der Waals surface area contributed by atoms with Crippen LogP contribution in [0.25, 0.3) is 0 Å². The van der Waals surface area contributed by atoms with E-state index in [2.05, 4.69) is 5.32 Å². The molecule has 0 saturated heterocycles. The van der Waals surface area contributed by atoms with Crippen LogP contribution < -0.4 is 14.4 Å². The van der Waals surface area contributed by atoms with Crippen LogP contribution in [0.1, 0.15) is 22.8 Å². The van der Waals surface area contributed by atoms with Gasteiger partial charge in [0.15, 0.2) is 6.61 Å². The molecule has 10 heteroatoms. The lowest BCUT2D eigenvalue weighted by atomic mass is 10.2. The normalized spacial score (nSPS) is 10.9. The fourth-order valence-corrected chi connectivity index (χ4v) is 4.02. The van der Waals surface area contributed by atoms with Crippen molar-refractivity contribution in [2.45, 2.75) is 13.5 Å². The first kappa shape index (κ1) is 25.7. The second kappa shape index (κ2) is 11.5. The summed E-state index contributed by atoms with van der Waals surface area (Å²) in [5.41, 5.74) is 1.43. The van der Waals surface area contributed by atoms with Gasteiger partial charge < -0.3 is 14.8 Å². The van der Waals surface area contributed by atoms with Gasteiger partial charge in [-0.3, -0.25) is 9.10 Å². The Balaban J connectivity index is 1.59. The summed E-state index contributed by atoms with van der Waals surface area (Å²) in [6, 6.07) is 18.3. The predicted octanol–water partition coefficient (Wildman–Crippen LogP) is 3.99. The largest absolute Gasteiger partial charge is 0.484 e. The number of benzene rings is 3. The minimum atomic E-state index is -3.69. The van der Waals surface area contributed by atoms with Crippen molar-refractivity contribution in [3.8, 4) is 5.75 Å². The highest BCUT2D eigenvalue weighted by atomic mass is 32.2. The number of rotatable bonds is 10. The van der Waals surface area contributed by atoms with Gasteiger partial charge in [0.2, 0.25) is 10.0 Å². The maximum absolute atomic E-state index is 14.0. The number of esters is 1. The van der Waals surface area contributed by atoms with Crippen LogP contribution in [0.2, 0.25) is 0 Å². The van der Waals surface area contributed by atoms with Crippen molar-refractivity contribution in [1.29, 1.82) is 0 Å². The third kappa shape index (κ3) is 7.28. The summed E-state index contributed by atoms with van der Waals surface area (Å²) in [5.74, 6) is -1.01. The Morgan fingerprint density at radius 2 is 1.63 bits per heavy atom. The van der Waals surface area contributed by atoms with Gasteiger partial charge in [-0.25, -0.2) is 17.6 Å². The molecule has 3 rings (SSSR count). The third-order valence-electron chi connectivity index (χ3n) is 4.85. The fraction of sp³-hybridized carbons (Fsp3) is 0.200. The maximum Gasteiger partial charge on any atom is 0.338 e. The van der Waals surface area contributed by atoms with Crippen LogP contribution in [-0.2, 0) is 26.1 Å². The minimum absolute atomic E-state index is 0.164. The predicted molar refractivity (Wildman–Crippen MR) is 130 cm³/mol. The van der Waals surface area contributed by atoms with Gasteiger partial charge in [0.1, 0.15) is 11.6 Å². The number of hydrogen-bond donors (Lipinski definition) is 1. The van der Waals surface area contributed by atoms with Crippen molar-refractivity contribution < 1.29 is 31.9 Å². The second-order valence-corrected chi connectivity index (χ2v) is 9.40. The summed E-state index contributed by atoms with van der Waals surface area (Å²) >= 11 is 0. The van der Waals surface area contributed by atoms with Crippen molar-refractivity contribution in [2.24, 2.45) is 0 Å². The molecular weight excluding hydrogens is 475 g/mol. The molecule has 0 spiro atoms. The number of ether oxygens (including phenoxy) is 2. The van der Waals surface area contributed by atoms with Crippen LogP contribution in [0, 0.1) is 5.82 Å². The second-order valence-electron chi connectivity index (χ2n) is 7.49. The number of anilines is 2. The SMILES string of the molecule is CCOC(=O)c1ccc(NC(=O)COc2ccc(N(Cc3ccccc3F)S(C)(=O)=O)cc2)cc1. The zero-order chi connectivity index (χ0) is 25.4. The standard InChI is InChI=1S/C25H25FN2O6S/c1-3-33-25(30)18-8-10-20(11-9-18)27-24(29)17-34-22-14-12-21(13-15-22)28(35(2,31)32)16-19-6-4-5-7-23(19)26/h4-15H,3,16-17H2,1-2H3,(H,27,29). The molecule has 0 aliphatic heterocycles. The van der Waals surface area contributed by atoms with Crippen molar-refractivity contribution in [1.82, 2.24) is 0 Å². The Morgan fingerprint density at radius 1 is 0.971 bits per heavy atom. The molecule has 0 aliphatic rings. The van der Waals surface area contributed by atoms with Crippen molar-refractivity contribution in [3.05, 3.63) is 89.7 Å². The van der Waals surface area contributed by atoms with Gasteiger partial charge in [-0.05, 0) is 61.5 Å². The number of carbonyl (C=O) groups excluding carboxylic acids is 2. The highest BCUT2D eigenvalue weighted by Gasteiger charge is 2.19. The van der Waals surface area contributed by atoms with E-state index >= 15 is 0 Å². The van der Waals surface area contributed by atoms with Crippen LogP contribution >= 0.6 is 0 Å². The first-order valence-corrected chi connectivity index (χ1v) is 12.5. The molecular formula is C25H25FN2O6S. The topological polar surface area (TPSA) is 102 Å². The molecule has 1 amide bonds. The van der Waals surface area contributed by atoms with E-state index in [1.54, 1.807) is 37.3 Å². The first-order valence-electron chi connectivity index (χ1n) is 10.7. The van der Waals surface area contributed by atoms with E-state index in [9.17, 15) is 22.4 Å². The van der Waals surface area contributed by atoms with E-state index < -0.39 is 27.7 Å². The number of halogens is 1. The molecule has 0 radical (unpaired) electrons. The number of amides is 1. The van der Waals surface area contributed by atoms with Gasteiger partial charge in [0, 0.05) is 11.3 Å². The van der Waals surface area contributed by atoms with Gasteiger partial charge in [0.05, 0.1) is 30.7 Å². The molecule has 0 fully saturated rings. The van der Waals surface area contributed by atoms with E-state index in [0.29, 0.717) is 22.7 Å². The average molecular weight is 501 g/mol. The van der Waals surface area contributed by atoms with Crippen molar-refractivity contribution in [2.75, 3.05) is 29.1 Å². The summed E-state index contributed by atoms with van der Waals surface area (Å²) in [6.45, 7) is 1.54. The number of nitrogens with one attached hydrogen (secondary N) is 1. The monoisotopic (exact) mass is 500 g/mol. The average Bonchev–Trinajstić information content (AvgIpc) is 2.82. The molecule has 0 unspecified atom stereocenters. The minimum Gasteiger partial charge on any atom is -0.484 e. The number of nitrogens with zero attached hydrogens (tertiary/aromatic N) is 1. The van der Waals surface area contributed by atoms with Gasteiger partial charge in [-0.2, -0.15) is 0 Å². The molecule has 0 heterocycles. The molecule has 0 atom stereocenters. The Hall–Kier alpha value is -3.92. The van der Waals surface area contributed by atoms with E-state index in [0.717, 1.165) is 10.6 Å². The third-order valence-corrected chi connectivity index (χ3v) is 5.99. The Bertz CT molecular complexity index is 1280. The summed E-state index contributed by atoms with van der Waals surface area (Å²) < 4.78 is 50.1. The molecule has 1 N–H and O–H groups in total. The van der Waals surface area contributed by atoms with E-state index in [1.165, 1.54) is 42.5 Å². The van der Waals surface area contributed by atoms with Gasteiger partial charge in [-0.1, -0.05) is 18.2 Å². The zero-order valence-corrected chi connectivity index (χ0v) is 20.0. The lowest BCUT2D eigenvalue weighted by molar-refractivity contribution is -0.118. The van der Waals surface area contributed by atoms with E-state index in [1.807, 2.05) is 0 Å². The van der Waals surface area contributed by atoms with Crippen LogP contribution in [0.3, 0.4) is 0 Å². The summed E-state index contributed by atoms with van der Waals surface area (Å²) in [5, 5.41) is 2.65. The Labute approximate surface area is 203 Å². The van der Waals surface area contributed by atoms with E-state index in [-0.39, 0.29) is 25.3 Å². The van der Waals surface area contributed by atoms with Crippen LogP contribution in [0.5, 0.6) is 5.75 Å². The summed E-state index contributed by atoms with van der Waals surface area (Å²) in [7, 11) is -3.69. The molecule has 184 valence electrons. The van der Waals surface area contributed by atoms with E-state index in [4.69, 9.17) is 9.47 Å². The number of sulfonamides is 1. The Morgan fingerprint density at radius 3 is 2.23 bits per heavy atom. The van der Waals surface area contributed by atoms with Crippen molar-refractivity contribution >= 4 is 33.3 Å². The maximum atomic E-state index is 14.0. The lowest BCUT2D eigenvalue weighted by Crippen LogP contribution is -2.29. The highest BCUT2D eigenvalue weighted by molar-refractivity contribution is 7.92. The van der Waals surface area contributed by atoms with Crippen LogP contribution in [0.15, 0.2) is 72.8 Å². The summed E-state index contributed by atoms with van der Waals surface area (Å²) in [6.07, 6.45) is 1.04. The molecule has 3 aromatic carbocycles. The summed E-state index contributed by atoms with van der Waals surface area (Å²) in [4.78, 5) is 23.9. The zero-order valence-electron chi connectivity index (χ0n) is 19.2. The molecule has 0 saturated carbocycles. The fourth-order valence-electron chi connectivity index (χ4n) is 3.14. The molecule has 8 nitrogen and oxygen atoms in total. The number of carbonyl (C=O) groups is 2. The quantitative estimate of drug-likeness (QED) is 0.423. The highest BCUT2D eigenvalue weighted by Crippen LogP contribution is 2.24. The van der Waals surface area contributed by atoms with Gasteiger partial charge >= 0.3 is 5.97 Å². The van der Waals surface area contributed by atoms with Gasteiger partial charge in [0.25, 0.3) is 5.91 Å².